The van der Waals surface area contributed by atoms with Crippen molar-refractivity contribution in [2.24, 2.45) is 0 Å². The smallest absolute Gasteiger partial charge is 0.344 e. The van der Waals surface area contributed by atoms with Gasteiger partial charge < -0.3 is 14.8 Å². The molecule has 7 nitrogen and oxygen atoms in total. The number of esters is 1. The predicted molar refractivity (Wildman–Crippen MR) is 115 cm³/mol. The Bertz CT molecular complexity index is 1010. The molecule has 0 spiro atoms. The third-order valence-corrected chi connectivity index (χ3v) is 5.01. The molecule has 2 aromatic carbocycles. The zero-order valence-electron chi connectivity index (χ0n) is 16.0. The van der Waals surface area contributed by atoms with Crippen LogP contribution in [0.2, 0.25) is 5.02 Å². The summed E-state index contributed by atoms with van der Waals surface area (Å²) in [6.45, 7) is 1.94. The fourth-order valence-corrected chi connectivity index (χ4v) is 3.35. The van der Waals surface area contributed by atoms with Crippen LogP contribution in [0.1, 0.15) is 18.1 Å². The third-order valence-electron chi connectivity index (χ3n) is 4.13. The lowest BCUT2D eigenvalue weighted by atomic mass is 10.1. The summed E-state index contributed by atoms with van der Waals surface area (Å²) in [5.74, 6) is -0.430. The molecule has 0 aromatic heterocycles. The van der Waals surface area contributed by atoms with Crippen molar-refractivity contribution in [3.63, 3.8) is 0 Å². The van der Waals surface area contributed by atoms with E-state index in [9.17, 15) is 14.4 Å². The van der Waals surface area contributed by atoms with Crippen LogP contribution in [0.4, 0.5) is 4.79 Å². The molecule has 1 heterocycles. The van der Waals surface area contributed by atoms with E-state index in [-0.39, 0.29) is 25.5 Å². The molecule has 1 fully saturated rings. The average Bonchev–Trinajstić information content (AvgIpc) is 2.96. The number of nitrogens with one attached hydrogen (secondary N) is 1. The summed E-state index contributed by atoms with van der Waals surface area (Å²) in [6, 6.07) is 11.5. The maximum atomic E-state index is 12.6. The van der Waals surface area contributed by atoms with Gasteiger partial charge in [-0.05, 0) is 64.3 Å². The second-order valence-electron chi connectivity index (χ2n) is 6.29. The second-order valence-corrected chi connectivity index (χ2v) is 7.58. The summed E-state index contributed by atoms with van der Waals surface area (Å²) in [7, 11) is 0. The molecule has 1 saturated heterocycles. The quantitative estimate of drug-likeness (QED) is 0.356. The van der Waals surface area contributed by atoms with Crippen molar-refractivity contribution in [1.82, 2.24) is 10.2 Å². The van der Waals surface area contributed by atoms with E-state index in [2.05, 4.69) is 21.2 Å². The molecule has 156 valence electrons. The Balaban J connectivity index is 1.69. The fourth-order valence-electron chi connectivity index (χ4n) is 2.72. The highest BCUT2D eigenvalue weighted by Crippen LogP contribution is 2.27. The summed E-state index contributed by atoms with van der Waals surface area (Å²) in [6.07, 6.45) is 1.57. The van der Waals surface area contributed by atoms with E-state index in [4.69, 9.17) is 21.1 Å². The Morgan fingerprint density at radius 3 is 2.60 bits per heavy atom. The largest absolute Gasteiger partial charge is 0.481 e. The van der Waals surface area contributed by atoms with Gasteiger partial charge in [0.25, 0.3) is 5.91 Å². The van der Waals surface area contributed by atoms with Crippen LogP contribution in [-0.2, 0) is 20.9 Å². The Morgan fingerprint density at radius 2 is 1.93 bits per heavy atom. The zero-order valence-corrected chi connectivity index (χ0v) is 18.3. The molecule has 0 unspecified atom stereocenters. The van der Waals surface area contributed by atoms with Crippen molar-refractivity contribution in [3.05, 3.63) is 68.8 Å². The van der Waals surface area contributed by atoms with E-state index in [0.29, 0.717) is 20.8 Å². The van der Waals surface area contributed by atoms with Gasteiger partial charge >= 0.3 is 12.0 Å². The Hall–Kier alpha value is -2.84. The van der Waals surface area contributed by atoms with Crippen LogP contribution in [0.5, 0.6) is 5.75 Å². The van der Waals surface area contributed by atoms with Crippen molar-refractivity contribution < 1.29 is 23.9 Å². The van der Waals surface area contributed by atoms with E-state index < -0.39 is 17.9 Å². The normalized spacial score (nSPS) is 14.8. The zero-order chi connectivity index (χ0) is 21.7. The molecule has 1 N–H and O–H groups in total. The Morgan fingerprint density at radius 1 is 1.20 bits per heavy atom. The monoisotopic (exact) mass is 492 g/mol. The van der Waals surface area contributed by atoms with E-state index in [1.807, 2.05) is 0 Å². The first-order chi connectivity index (χ1) is 14.4. The number of hydrogen-bond donors (Lipinski definition) is 1. The second kappa shape index (κ2) is 9.77. The van der Waals surface area contributed by atoms with Gasteiger partial charge in [-0.1, -0.05) is 29.8 Å². The van der Waals surface area contributed by atoms with E-state index in [1.165, 1.54) is 0 Å². The molecule has 1 aliphatic heterocycles. The summed E-state index contributed by atoms with van der Waals surface area (Å²) < 4.78 is 10.8. The number of rotatable bonds is 7. The summed E-state index contributed by atoms with van der Waals surface area (Å²) in [4.78, 5) is 37.4. The van der Waals surface area contributed by atoms with Gasteiger partial charge in [-0.15, -0.1) is 0 Å². The van der Waals surface area contributed by atoms with Gasteiger partial charge in [0.05, 0.1) is 17.6 Å². The van der Waals surface area contributed by atoms with Gasteiger partial charge in [0, 0.05) is 5.02 Å². The van der Waals surface area contributed by atoms with Crippen LogP contribution in [0.3, 0.4) is 0 Å². The summed E-state index contributed by atoms with van der Waals surface area (Å²) >= 11 is 9.24. The van der Waals surface area contributed by atoms with Crippen LogP contribution in [0.25, 0.3) is 6.08 Å². The molecule has 30 heavy (non-hydrogen) atoms. The van der Waals surface area contributed by atoms with Gasteiger partial charge in [0.1, 0.15) is 11.4 Å². The number of carbonyl (C=O) groups is 3. The standard InChI is InChI=1S/C21H18BrClN2O5/c1-2-29-19(26)12-30-18-8-5-14(9-16(18)22)10-17-20(27)25(21(28)24-17)11-13-3-6-15(23)7-4-13/h3-10H,2,11-12H2,1H3,(H,24,28). The van der Waals surface area contributed by atoms with Gasteiger partial charge in [0.2, 0.25) is 0 Å². The maximum absolute atomic E-state index is 12.6. The Labute approximate surface area is 186 Å². The number of carbonyl (C=O) groups excluding carboxylic acids is 3. The van der Waals surface area contributed by atoms with E-state index >= 15 is 0 Å². The maximum Gasteiger partial charge on any atom is 0.344 e. The fraction of sp³-hybridized carbons (Fsp3) is 0.190. The van der Waals surface area contributed by atoms with Gasteiger partial charge in [-0.2, -0.15) is 0 Å². The number of nitrogens with zero attached hydrogens (tertiary/aromatic N) is 1. The lowest BCUT2D eigenvalue weighted by Gasteiger charge is -2.11. The summed E-state index contributed by atoms with van der Waals surface area (Å²) in [5.41, 5.74) is 1.62. The molecular weight excluding hydrogens is 476 g/mol. The number of hydrogen-bond acceptors (Lipinski definition) is 5. The number of halogens is 2. The van der Waals surface area contributed by atoms with E-state index in [0.717, 1.165) is 10.5 Å². The van der Waals surface area contributed by atoms with Gasteiger partial charge in [-0.25, -0.2) is 9.59 Å². The molecule has 3 rings (SSSR count). The van der Waals surface area contributed by atoms with Crippen LogP contribution in [0.15, 0.2) is 52.6 Å². The number of ether oxygens (including phenoxy) is 2. The number of benzene rings is 2. The highest BCUT2D eigenvalue weighted by atomic mass is 79.9. The molecule has 0 bridgehead atoms. The molecule has 3 amide bonds. The highest BCUT2D eigenvalue weighted by Gasteiger charge is 2.33. The van der Waals surface area contributed by atoms with Crippen LogP contribution in [-0.4, -0.2) is 36.0 Å². The highest BCUT2D eigenvalue weighted by molar-refractivity contribution is 9.10. The van der Waals surface area contributed by atoms with Crippen molar-refractivity contribution in [1.29, 1.82) is 0 Å². The molecule has 1 aliphatic rings. The number of amides is 3. The van der Waals surface area contributed by atoms with Crippen molar-refractivity contribution in [3.8, 4) is 5.75 Å². The van der Waals surface area contributed by atoms with Crippen LogP contribution < -0.4 is 10.1 Å². The first-order valence-corrected chi connectivity index (χ1v) is 10.2. The molecule has 0 atom stereocenters. The lowest BCUT2D eigenvalue weighted by molar-refractivity contribution is -0.145. The molecule has 0 saturated carbocycles. The minimum absolute atomic E-state index is 0.142. The third kappa shape index (κ3) is 5.40. The Kier molecular flexibility index (Phi) is 7.12. The van der Waals surface area contributed by atoms with Crippen molar-refractivity contribution in [2.75, 3.05) is 13.2 Å². The van der Waals surface area contributed by atoms with E-state index in [1.54, 1.807) is 55.5 Å². The van der Waals surface area contributed by atoms with Gasteiger partial charge in [-0.3, -0.25) is 9.69 Å². The number of imide groups is 1. The molecular formula is C21H18BrClN2O5. The van der Waals surface area contributed by atoms with Crippen LogP contribution >= 0.6 is 27.5 Å². The SMILES string of the molecule is CCOC(=O)COc1ccc(C=C2NC(=O)N(Cc3ccc(Cl)cc3)C2=O)cc1Br. The lowest BCUT2D eigenvalue weighted by Crippen LogP contribution is -2.30. The van der Waals surface area contributed by atoms with Crippen molar-refractivity contribution in [2.45, 2.75) is 13.5 Å². The minimum Gasteiger partial charge on any atom is -0.481 e. The van der Waals surface area contributed by atoms with Gasteiger partial charge in [0.15, 0.2) is 6.61 Å². The minimum atomic E-state index is -0.491. The molecule has 0 radical (unpaired) electrons. The average molecular weight is 494 g/mol. The van der Waals surface area contributed by atoms with Crippen LogP contribution in [0, 0.1) is 0 Å². The predicted octanol–water partition coefficient (Wildman–Crippen LogP) is 4.14. The first-order valence-electron chi connectivity index (χ1n) is 9.04. The molecule has 0 aliphatic carbocycles. The topological polar surface area (TPSA) is 84.9 Å². The summed E-state index contributed by atoms with van der Waals surface area (Å²) in [5, 5.41) is 3.17. The first kappa shape index (κ1) is 21.9. The van der Waals surface area contributed by atoms with Crippen molar-refractivity contribution >= 4 is 51.5 Å². The molecule has 2 aromatic rings. The number of urea groups is 1. The molecule has 9 heteroatoms.